The van der Waals surface area contributed by atoms with Gasteiger partial charge in [-0.05, 0) is 32.0 Å². The molecule has 3 heterocycles. The number of halogens is 3. The molecule has 2 saturated heterocycles. The van der Waals surface area contributed by atoms with Gasteiger partial charge in [-0.2, -0.15) is 18.4 Å². The summed E-state index contributed by atoms with van der Waals surface area (Å²) in [6, 6.07) is 4.73. The zero-order valence-corrected chi connectivity index (χ0v) is 14.8. The minimum atomic E-state index is -4.71. The predicted octanol–water partition coefficient (Wildman–Crippen LogP) is 4.16. The Morgan fingerprint density at radius 3 is 2.50 bits per heavy atom. The van der Waals surface area contributed by atoms with Crippen LogP contribution in [-0.4, -0.2) is 32.1 Å². The van der Waals surface area contributed by atoms with Crippen LogP contribution in [0.25, 0.3) is 0 Å². The molecule has 5 nitrogen and oxygen atoms in total. The Kier molecular flexibility index (Phi) is 3.37. The zero-order valence-electron chi connectivity index (χ0n) is 14.0. The van der Waals surface area contributed by atoms with Gasteiger partial charge >= 0.3 is 6.18 Å². The summed E-state index contributed by atoms with van der Waals surface area (Å²) in [7, 11) is -3.42. The number of hydrogen-bond acceptors (Lipinski definition) is 5. The number of rotatable bonds is 1. The third-order valence-corrected chi connectivity index (χ3v) is 8.08. The molecule has 4 atom stereocenters. The lowest BCUT2D eigenvalue weighted by Gasteiger charge is -2.45. The highest BCUT2D eigenvalue weighted by Crippen LogP contribution is 2.70. The highest BCUT2D eigenvalue weighted by Gasteiger charge is 2.69. The van der Waals surface area contributed by atoms with Gasteiger partial charge in [-0.15, -0.1) is 10.8 Å². The first kappa shape index (κ1) is 17.7. The van der Waals surface area contributed by atoms with Gasteiger partial charge in [0, 0.05) is 12.5 Å². The second-order valence-electron chi connectivity index (χ2n) is 7.29. The van der Waals surface area contributed by atoms with Crippen LogP contribution in [0.3, 0.4) is 0 Å². The second-order valence-corrected chi connectivity index (χ2v) is 9.36. The average Bonchev–Trinajstić information content (AvgIpc) is 3.09. The highest BCUT2D eigenvalue weighted by atomic mass is 32.3. The SMILES string of the molecule is C[C@]12C=C[C@](C)(O1)[C@@H]1[C@@H]2CN(c2ccc(C#N)c(C(F)(F)F)c2)S1(O)O. The molecule has 0 saturated carbocycles. The van der Waals surface area contributed by atoms with Gasteiger partial charge in [0.05, 0.1) is 28.5 Å². The van der Waals surface area contributed by atoms with E-state index >= 15 is 0 Å². The maximum Gasteiger partial charge on any atom is 0.417 e. The van der Waals surface area contributed by atoms with Crippen molar-refractivity contribution in [3.63, 3.8) is 0 Å². The first-order valence-electron chi connectivity index (χ1n) is 7.99. The molecule has 0 amide bonds. The number of anilines is 1. The molecule has 2 N–H and O–H groups in total. The third-order valence-electron chi connectivity index (χ3n) is 5.60. The first-order valence-corrected chi connectivity index (χ1v) is 9.56. The van der Waals surface area contributed by atoms with Gasteiger partial charge in [-0.1, -0.05) is 12.2 Å². The van der Waals surface area contributed by atoms with Gasteiger partial charge in [-0.3, -0.25) is 13.4 Å². The quantitative estimate of drug-likeness (QED) is 0.709. The van der Waals surface area contributed by atoms with E-state index in [1.165, 1.54) is 16.4 Å². The number of hydrogen-bond donors (Lipinski definition) is 2. The fraction of sp³-hybridized carbons (Fsp3) is 0.471. The maximum atomic E-state index is 13.3. The maximum absolute atomic E-state index is 13.3. The monoisotopic (exact) mass is 386 g/mol. The smallest absolute Gasteiger partial charge is 0.358 e. The van der Waals surface area contributed by atoms with Crippen LogP contribution in [0.4, 0.5) is 18.9 Å². The van der Waals surface area contributed by atoms with Crippen LogP contribution >= 0.6 is 10.8 Å². The van der Waals surface area contributed by atoms with Crippen LogP contribution in [0, 0.1) is 17.2 Å². The van der Waals surface area contributed by atoms with Crippen molar-refractivity contribution in [2.75, 3.05) is 10.8 Å². The fourth-order valence-corrected chi connectivity index (χ4v) is 7.07. The third kappa shape index (κ3) is 2.16. The Morgan fingerprint density at radius 1 is 1.27 bits per heavy atom. The van der Waals surface area contributed by atoms with Crippen molar-refractivity contribution in [1.82, 2.24) is 0 Å². The Balaban J connectivity index is 1.79. The predicted molar refractivity (Wildman–Crippen MR) is 90.7 cm³/mol. The van der Waals surface area contributed by atoms with E-state index in [9.17, 15) is 22.3 Å². The molecule has 0 aromatic heterocycles. The topological polar surface area (TPSA) is 76.7 Å². The van der Waals surface area contributed by atoms with Gasteiger partial charge in [0.25, 0.3) is 0 Å². The van der Waals surface area contributed by atoms with E-state index in [1.807, 2.05) is 13.0 Å². The van der Waals surface area contributed by atoms with Crippen LogP contribution in [0.15, 0.2) is 30.4 Å². The number of benzene rings is 1. The van der Waals surface area contributed by atoms with Crippen molar-refractivity contribution < 1.29 is 27.0 Å². The van der Waals surface area contributed by atoms with Crippen molar-refractivity contribution in [3.05, 3.63) is 41.5 Å². The molecular weight excluding hydrogens is 369 g/mol. The Morgan fingerprint density at radius 2 is 1.92 bits per heavy atom. The summed E-state index contributed by atoms with van der Waals surface area (Å²) < 4.78 is 68.8. The molecule has 9 heteroatoms. The van der Waals surface area contributed by atoms with Gasteiger partial charge in [0.1, 0.15) is 10.9 Å². The molecule has 3 aliphatic rings. The van der Waals surface area contributed by atoms with Crippen molar-refractivity contribution in [2.45, 2.75) is 36.5 Å². The largest absolute Gasteiger partial charge is 0.417 e. The molecule has 4 rings (SSSR count). The summed E-state index contributed by atoms with van der Waals surface area (Å²) in [5, 5.41) is 8.31. The van der Waals surface area contributed by atoms with Crippen molar-refractivity contribution in [1.29, 1.82) is 5.26 Å². The van der Waals surface area contributed by atoms with Crippen LogP contribution < -0.4 is 4.31 Å². The van der Waals surface area contributed by atoms with Crippen LogP contribution in [-0.2, 0) is 10.9 Å². The van der Waals surface area contributed by atoms with Crippen molar-refractivity contribution in [3.8, 4) is 6.07 Å². The molecule has 140 valence electrons. The minimum Gasteiger partial charge on any atom is -0.358 e. The summed E-state index contributed by atoms with van der Waals surface area (Å²) in [6.45, 7) is 3.77. The van der Waals surface area contributed by atoms with Gasteiger partial charge in [0.2, 0.25) is 0 Å². The van der Waals surface area contributed by atoms with E-state index in [-0.39, 0.29) is 18.2 Å². The number of ether oxygens (including phenoxy) is 1. The lowest BCUT2D eigenvalue weighted by atomic mass is 9.80. The summed E-state index contributed by atoms with van der Waals surface area (Å²) in [6.07, 6.45) is -1.03. The Bertz CT molecular complexity index is 866. The summed E-state index contributed by atoms with van der Waals surface area (Å²) in [4.78, 5) is 0. The van der Waals surface area contributed by atoms with Crippen molar-refractivity contribution in [2.24, 2.45) is 5.92 Å². The van der Waals surface area contributed by atoms with Crippen LogP contribution in [0.2, 0.25) is 0 Å². The summed E-state index contributed by atoms with van der Waals surface area (Å²) >= 11 is 0. The van der Waals surface area contributed by atoms with Crippen LogP contribution in [0.1, 0.15) is 25.0 Å². The number of fused-ring (bicyclic) bond motifs is 5. The van der Waals surface area contributed by atoms with Gasteiger partial charge < -0.3 is 4.74 Å². The van der Waals surface area contributed by atoms with E-state index in [0.717, 1.165) is 12.1 Å². The molecule has 1 aromatic rings. The van der Waals surface area contributed by atoms with Crippen molar-refractivity contribution >= 4 is 16.5 Å². The molecule has 26 heavy (non-hydrogen) atoms. The van der Waals surface area contributed by atoms with E-state index in [0.29, 0.717) is 0 Å². The van der Waals surface area contributed by atoms with E-state index in [1.54, 1.807) is 13.0 Å². The number of nitrogens with zero attached hydrogens (tertiary/aromatic N) is 2. The average molecular weight is 386 g/mol. The first-order chi connectivity index (χ1) is 11.9. The minimum absolute atomic E-state index is 0.0392. The van der Waals surface area contributed by atoms with E-state index in [2.05, 4.69) is 0 Å². The van der Waals surface area contributed by atoms with E-state index in [4.69, 9.17) is 10.00 Å². The number of alkyl halides is 3. The molecule has 2 fully saturated rings. The fourth-order valence-electron chi connectivity index (χ4n) is 4.44. The Labute approximate surface area is 150 Å². The molecule has 3 aliphatic heterocycles. The molecular formula is C17H17F3N2O3S. The standard InChI is InChI=1S/C17H17F3N2O3S/c1-15-5-6-16(2,25-15)14-13(15)9-22(26(14,23)24)11-4-3-10(8-21)12(7-11)17(18,19)20/h3-7,13-14,23-24H,9H2,1-2H3/t13-,14-,15+,16-/m0/s1. The summed E-state index contributed by atoms with van der Waals surface area (Å²) in [5.41, 5.74) is -3.10. The zero-order chi connectivity index (χ0) is 19.1. The molecule has 1 aromatic carbocycles. The molecule has 0 spiro atoms. The lowest BCUT2D eigenvalue weighted by Crippen LogP contribution is -2.40. The van der Waals surface area contributed by atoms with Crippen LogP contribution in [0.5, 0.6) is 0 Å². The normalized spacial score (nSPS) is 38.3. The lowest BCUT2D eigenvalue weighted by molar-refractivity contribution is -0.137. The van der Waals surface area contributed by atoms with Gasteiger partial charge in [-0.25, -0.2) is 0 Å². The molecule has 0 radical (unpaired) electrons. The molecule has 2 bridgehead atoms. The second kappa shape index (κ2) is 4.95. The highest BCUT2D eigenvalue weighted by molar-refractivity contribution is 8.26. The number of nitriles is 1. The van der Waals surface area contributed by atoms with E-state index < -0.39 is 44.5 Å². The molecule has 0 unspecified atom stereocenters. The summed E-state index contributed by atoms with van der Waals surface area (Å²) in [5.74, 6) is -0.257. The van der Waals surface area contributed by atoms with Gasteiger partial charge in [0.15, 0.2) is 0 Å². The molecule has 0 aliphatic carbocycles. The Hall–Kier alpha value is -1.73.